The number of amides is 1. The number of benzene rings is 3. The third-order valence-electron chi connectivity index (χ3n) is 3.97. The predicted molar refractivity (Wildman–Crippen MR) is 90.9 cm³/mol. The predicted octanol–water partition coefficient (Wildman–Crippen LogP) is 4.72. The fourth-order valence-corrected chi connectivity index (χ4v) is 2.74. The summed E-state index contributed by atoms with van der Waals surface area (Å²) >= 11 is 0. The molecule has 128 valence electrons. The van der Waals surface area contributed by atoms with E-state index in [1.54, 1.807) is 6.07 Å². The first-order valence-corrected chi connectivity index (χ1v) is 7.83. The molecule has 1 N–H and O–H groups in total. The van der Waals surface area contributed by atoms with Gasteiger partial charge in [0.05, 0.1) is 12.0 Å². The third-order valence-corrected chi connectivity index (χ3v) is 3.97. The lowest BCUT2D eigenvalue weighted by molar-refractivity contribution is -0.137. The molecule has 3 rings (SSSR count). The Kier molecular flexibility index (Phi) is 4.74. The van der Waals surface area contributed by atoms with Crippen LogP contribution in [0.1, 0.15) is 16.7 Å². The van der Waals surface area contributed by atoms with Crippen LogP contribution in [0.4, 0.5) is 13.2 Å². The second-order valence-corrected chi connectivity index (χ2v) is 5.79. The summed E-state index contributed by atoms with van der Waals surface area (Å²) < 4.78 is 38.1. The van der Waals surface area contributed by atoms with E-state index in [-0.39, 0.29) is 18.9 Å². The first-order valence-electron chi connectivity index (χ1n) is 7.83. The lowest BCUT2D eigenvalue weighted by Gasteiger charge is -2.10. The molecule has 0 heterocycles. The summed E-state index contributed by atoms with van der Waals surface area (Å²) in [5.41, 5.74) is 0.592. The maximum Gasteiger partial charge on any atom is 0.416 e. The molecule has 0 aliphatic carbocycles. The molecule has 3 aromatic rings. The summed E-state index contributed by atoms with van der Waals surface area (Å²) in [6, 6.07) is 18.5. The highest BCUT2D eigenvalue weighted by atomic mass is 19.4. The van der Waals surface area contributed by atoms with Crippen molar-refractivity contribution in [3.8, 4) is 0 Å². The molecule has 0 atom stereocenters. The van der Waals surface area contributed by atoms with Gasteiger partial charge in [0.1, 0.15) is 0 Å². The number of rotatable bonds is 4. The molecule has 0 unspecified atom stereocenters. The number of carbonyl (C=O) groups is 1. The zero-order valence-corrected chi connectivity index (χ0v) is 13.3. The fraction of sp³-hybridized carbons (Fsp3) is 0.150. The third kappa shape index (κ3) is 4.18. The summed E-state index contributed by atoms with van der Waals surface area (Å²) in [6.45, 7) is 0.0630. The number of hydrogen-bond acceptors (Lipinski definition) is 1. The fourth-order valence-electron chi connectivity index (χ4n) is 2.74. The van der Waals surface area contributed by atoms with Gasteiger partial charge < -0.3 is 5.32 Å². The van der Waals surface area contributed by atoms with Crippen molar-refractivity contribution in [2.24, 2.45) is 0 Å². The van der Waals surface area contributed by atoms with Gasteiger partial charge in [-0.05, 0) is 34.0 Å². The molecule has 0 aliphatic rings. The van der Waals surface area contributed by atoms with Gasteiger partial charge in [-0.1, -0.05) is 54.6 Å². The molecule has 0 saturated carbocycles. The van der Waals surface area contributed by atoms with Gasteiger partial charge >= 0.3 is 6.18 Å². The molecule has 0 aliphatic heterocycles. The summed E-state index contributed by atoms with van der Waals surface area (Å²) in [4.78, 5) is 12.2. The Bertz CT molecular complexity index is 897. The van der Waals surface area contributed by atoms with Crippen LogP contribution in [-0.2, 0) is 23.9 Å². The molecular weight excluding hydrogens is 327 g/mol. The van der Waals surface area contributed by atoms with Gasteiger partial charge in [-0.3, -0.25) is 4.79 Å². The summed E-state index contributed by atoms with van der Waals surface area (Å²) in [5.74, 6) is -0.228. The largest absolute Gasteiger partial charge is 0.416 e. The molecule has 0 saturated heterocycles. The molecule has 25 heavy (non-hydrogen) atoms. The van der Waals surface area contributed by atoms with E-state index in [0.717, 1.165) is 28.5 Å². The van der Waals surface area contributed by atoms with Crippen LogP contribution < -0.4 is 5.32 Å². The van der Waals surface area contributed by atoms with E-state index in [0.29, 0.717) is 5.56 Å². The van der Waals surface area contributed by atoms with Crippen LogP contribution in [0.15, 0.2) is 66.7 Å². The maximum absolute atomic E-state index is 12.7. The minimum Gasteiger partial charge on any atom is -0.352 e. The van der Waals surface area contributed by atoms with Gasteiger partial charge in [0.15, 0.2) is 0 Å². The molecular formula is C20H16F3NO. The normalized spacial score (nSPS) is 11.5. The number of alkyl halides is 3. The number of hydrogen-bond donors (Lipinski definition) is 1. The molecule has 5 heteroatoms. The molecule has 0 fully saturated rings. The van der Waals surface area contributed by atoms with E-state index in [2.05, 4.69) is 5.32 Å². The van der Waals surface area contributed by atoms with Crippen molar-refractivity contribution >= 4 is 16.7 Å². The average Bonchev–Trinajstić information content (AvgIpc) is 2.60. The number of fused-ring (bicyclic) bond motifs is 1. The van der Waals surface area contributed by atoms with Crippen LogP contribution in [0.2, 0.25) is 0 Å². The van der Waals surface area contributed by atoms with Gasteiger partial charge in [0.2, 0.25) is 5.91 Å². The van der Waals surface area contributed by atoms with Gasteiger partial charge in [-0.2, -0.15) is 13.2 Å². The molecule has 0 aromatic heterocycles. The van der Waals surface area contributed by atoms with E-state index >= 15 is 0 Å². The molecule has 0 bridgehead atoms. The monoisotopic (exact) mass is 343 g/mol. The van der Waals surface area contributed by atoms with Crippen molar-refractivity contribution in [2.75, 3.05) is 0 Å². The van der Waals surface area contributed by atoms with Gasteiger partial charge in [0.25, 0.3) is 0 Å². The lowest BCUT2D eigenvalue weighted by atomic mass is 10.0. The van der Waals surface area contributed by atoms with E-state index in [1.165, 1.54) is 6.07 Å². The van der Waals surface area contributed by atoms with Crippen molar-refractivity contribution in [2.45, 2.75) is 19.1 Å². The van der Waals surface area contributed by atoms with Crippen LogP contribution in [0, 0.1) is 0 Å². The summed E-state index contributed by atoms with van der Waals surface area (Å²) in [7, 11) is 0. The number of halogens is 3. The van der Waals surface area contributed by atoms with Crippen molar-refractivity contribution < 1.29 is 18.0 Å². The highest BCUT2D eigenvalue weighted by Gasteiger charge is 2.30. The van der Waals surface area contributed by atoms with E-state index in [4.69, 9.17) is 0 Å². The Balaban J connectivity index is 1.67. The second-order valence-electron chi connectivity index (χ2n) is 5.79. The second kappa shape index (κ2) is 6.97. The minimum absolute atomic E-state index is 0.0630. The summed E-state index contributed by atoms with van der Waals surface area (Å²) in [6.07, 6.45) is -4.21. The van der Waals surface area contributed by atoms with E-state index in [1.807, 2.05) is 42.5 Å². The smallest absolute Gasteiger partial charge is 0.352 e. The molecule has 3 aromatic carbocycles. The van der Waals surface area contributed by atoms with E-state index in [9.17, 15) is 18.0 Å². The number of carbonyl (C=O) groups excluding carboxylic acids is 1. The molecule has 2 nitrogen and oxygen atoms in total. The molecule has 0 radical (unpaired) electrons. The number of nitrogens with one attached hydrogen (secondary N) is 1. The Morgan fingerprint density at radius 1 is 0.920 bits per heavy atom. The molecule has 1 amide bonds. The average molecular weight is 343 g/mol. The lowest BCUT2D eigenvalue weighted by Crippen LogP contribution is -2.24. The Hall–Kier alpha value is -2.82. The maximum atomic E-state index is 12.7. The standard InChI is InChI=1S/C20H16F3NO/c21-20(22,23)17-9-3-5-14(11-17)13-24-19(25)12-16-8-4-7-15-6-1-2-10-18(15)16/h1-11H,12-13H2,(H,24,25). The van der Waals surface area contributed by atoms with Crippen LogP contribution in [0.25, 0.3) is 10.8 Å². The van der Waals surface area contributed by atoms with E-state index < -0.39 is 11.7 Å². The van der Waals surface area contributed by atoms with Crippen molar-refractivity contribution in [1.82, 2.24) is 5.32 Å². The first kappa shape index (κ1) is 17.0. The molecule has 0 spiro atoms. The Morgan fingerprint density at radius 3 is 2.44 bits per heavy atom. The van der Waals surface area contributed by atoms with Crippen molar-refractivity contribution in [3.63, 3.8) is 0 Å². The van der Waals surface area contributed by atoms with Crippen molar-refractivity contribution in [1.29, 1.82) is 0 Å². The Labute approximate surface area is 143 Å². The van der Waals surface area contributed by atoms with Gasteiger partial charge in [-0.15, -0.1) is 0 Å². The van der Waals surface area contributed by atoms with Gasteiger partial charge in [-0.25, -0.2) is 0 Å². The van der Waals surface area contributed by atoms with Crippen molar-refractivity contribution in [3.05, 3.63) is 83.4 Å². The summed E-state index contributed by atoms with van der Waals surface area (Å²) in [5, 5.41) is 4.73. The highest BCUT2D eigenvalue weighted by Crippen LogP contribution is 2.29. The Morgan fingerprint density at radius 2 is 1.64 bits per heavy atom. The van der Waals surface area contributed by atoms with Crippen LogP contribution in [-0.4, -0.2) is 5.91 Å². The highest BCUT2D eigenvalue weighted by molar-refractivity contribution is 5.90. The minimum atomic E-state index is -4.39. The van der Waals surface area contributed by atoms with Crippen LogP contribution >= 0.6 is 0 Å². The van der Waals surface area contributed by atoms with Gasteiger partial charge in [0, 0.05) is 6.54 Å². The van der Waals surface area contributed by atoms with Crippen LogP contribution in [0.5, 0.6) is 0 Å². The zero-order chi connectivity index (χ0) is 17.9. The first-order chi connectivity index (χ1) is 11.9. The topological polar surface area (TPSA) is 29.1 Å². The van der Waals surface area contributed by atoms with Crippen LogP contribution in [0.3, 0.4) is 0 Å². The quantitative estimate of drug-likeness (QED) is 0.730. The SMILES string of the molecule is O=C(Cc1cccc2ccccc12)NCc1cccc(C(F)(F)F)c1. The zero-order valence-electron chi connectivity index (χ0n) is 13.3.